The summed E-state index contributed by atoms with van der Waals surface area (Å²) in [6.45, 7) is 5.91. The molecule has 1 aliphatic heterocycles. The smallest absolute Gasteiger partial charge is 0.259 e. The third kappa shape index (κ3) is 3.66. The van der Waals surface area contributed by atoms with Crippen LogP contribution in [-0.4, -0.2) is 42.0 Å². The molecule has 0 unspecified atom stereocenters. The van der Waals surface area contributed by atoms with Crippen molar-refractivity contribution in [2.75, 3.05) is 31.1 Å². The topological polar surface area (TPSA) is 36.4 Å². The van der Waals surface area contributed by atoms with Crippen molar-refractivity contribution in [3.8, 4) is 0 Å². The van der Waals surface area contributed by atoms with Crippen LogP contribution in [0.1, 0.15) is 21.5 Å². The molecule has 2 heterocycles. The molecule has 0 aliphatic carbocycles. The van der Waals surface area contributed by atoms with E-state index in [1.54, 1.807) is 0 Å². The molecule has 0 N–H and O–H groups in total. The average Bonchev–Trinajstić information content (AvgIpc) is 2.54. The fourth-order valence-corrected chi connectivity index (χ4v) is 3.47. The molecule has 0 spiro atoms. The van der Waals surface area contributed by atoms with Gasteiger partial charge in [-0.3, -0.25) is 4.79 Å². The normalized spacial score (nSPS) is 14.8. The SMILES string of the molecule is Cc1cnc(N2CCN(C(=O)c3c(F)cc(Br)cc3F)CC2)c(C)c1. The first-order valence-electron chi connectivity index (χ1n) is 7.99. The maximum absolute atomic E-state index is 14.0. The zero-order chi connectivity index (χ0) is 18.1. The van der Waals surface area contributed by atoms with Gasteiger partial charge in [0.2, 0.25) is 0 Å². The number of rotatable bonds is 2. The highest BCUT2D eigenvalue weighted by molar-refractivity contribution is 9.10. The van der Waals surface area contributed by atoms with Gasteiger partial charge in [0.25, 0.3) is 5.91 Å². The van der Waals surface area contributed by atoms with Crippen LogP contribution in [0, 0.1) is 25.5 Å². The van der Waals surface area contributed by atoms with Crippen LogP contribution in [-0.2, 0) is 0 Å². The summed E-state index contributed by atoms with van der Waals surface area (Å²) in [5, 5.41) is 0. The molecule has 0 atom stereocenters. The van der Waals surface area contributed by atoms with Crippen LogP contribution in [0.4, 0.5) is 14.6 Å². The van der Waals surface area contributed by atoms with Crippen LogP contribution < -0.4 is 4.90 Å². The number of aromatic nitrogens is 1. The van der Waals surface area contributed by atoms with Crippen molar-refractivity contribution in [3.63, 3.8) is 0 Å². The van der Waals surface area contributed by atoms with E-state index in [-0.39, 0.29) is 4.47 Å². The Morgan fingerprint density at radius 2 is 1.68 bits per heavy atom. The van der Waals surface area contributed by atoms with Crippen LogP contribution in [0.15, 0.2) is 28.9 Å². The highest BCUT2D eigenvalue weighted by atomic mass is 79.9. The number of nitrogens with zero attached hydrogens (tertiary/aromatic N) is 3. The molecule has 0 radical (unpaired) electrons. The first kappa shape index (κ1) is 17.8. The average molecular weight is 410 g/mol. The summed E-state index contributed by atoms with van der Waals surface area (Å²) in [4.78, 5) is 20.5. The van der Waals surface area contributed by atoms with E-state index in [1.165, 1.54) is 4.90 Å². The van der Waals surface area contributed by atoms with Gasteiger partial charge in [-0.1, -0.05) is 22.0 Å². The number of halogens is 3. The molecule has 1 aromatic heterocycles. The Balaban J connectivity index is 1.73. The predicted molar refractivity (Wildman–Crippen MR) is 95.9 cm³/mol. The molecule has 3 rings (SSSR count). The molecule has 1 saturated heterocycles. The summed E-state index contributed by atoms with van der Waals surface area (Å²) in [5.74, 6) is -1.43. The summed E-state index contributed by atoms with van der Waals surface area (Å²) in [5.41, 5.74) is 1.67. The number of aryl methyl sites for hydroxylation is 2. The summed E-state index contributed by atoms with van der Waals surface area (Å²) < 4.78 is 28.3. The van der Waals surface area contributed by atoms with Gasteiger partial charge in [0.1, 0.15) is 23.0 Å². The maximum Gasteiger partial charge on any atom is 0.259 e. The quantitative estimate of drug-likeness (QED) is 0.758. The Labute approximate surface area is 153 Å². The zero-order valence-electron chi connectivity index (χ0n) is 14.0. The number of benzene rings is 1. The van der Waals surface area contributed by atoms with Crippen molar-refractivity contribution < 1.29 is 13.6 Å². The van der Waals surface area contributed by atoms with Crippen molar-refractivity contribution in [1.82, 2.24) is 9.88 Å². The second kappa shape index (κ2) is 7.07. The summed E-state index contributed by atoms with van der Waals surface area (Å²) in [7, 11) is 0. The Morgan fingerprint density at radius 3 is 2.24 bits per heavy atom. The number of piperazine rings is 1. The molecule has 7 heteroatoms. The number of hydrogen-bond acceptors (Lipinski definition) is 3. The van der Waals surface area contributed by atoms with E-state index < -0.39 is 23.1 Å². The summed E-state index contributed by atoms with van der Waals surface area (Å²) >= 11 is 3.02. The number of carbonyl (C=O) groups excluding carboxylic acids is 1. The zero-order valence-corrected chi connectivity index (χ0v) is 15.6. The molecule has 1 aromatic carbocycles. The predicted octanol–water partition coefficient (Wildman–Crippen LogP) is 3.70. The molecule has 132 valence electrons. The van der Waals surface area contributed by atoms with E-state index in [1.807, 2.05) is 20.0 Å². The van der Waals surface area contributed by atoms with Gasteiger partial charge >= 0.3 is 0 Å². The molecule has 1 amide bonds. The lowest BCUT2D eigenvalue weighted by atomic mass is 10.1. The molecule has 0 saturated carbocycles. The van der Waals surface area contributed by atoms with Gasteiger partial charge in [-0.05, 0) is 37.1 Å². The third-order valence-electron chi connectivity index (χ3n) is 4.27. The van der Waals surface area contributed by atoms with E-state index in [4.69, 9.17) is 0 Å². The minimum Gasteiger partial charge on any atom is -0.353 e. The van der Waals surface area contributed by atoms with E-state index in [0.717, 1.165) is 29.1 Å². The Kier molecular flexibility index (Phi) is 5.03. The number of pyridine rings is 1. The molecule has 1 fully saturated rings. The standard InChI is InChI=1S/C18H18BrF2N3O/c1-11-7-12(2)17(22-10-11)23-3-5-24(6-4-23)18(25)16-14(20)8-13(19)9-15(16)21/h7-10H,3-6H2,1-2H3. The van der Waals surface area contributed by atoms with E-state index in [2.05, 4.69) is 31.9 Å². The minimum absolute atomic E-state index is 0.268. The fourth-order valence-electron chi connectivity index (χ4n) is 3.07. The van der Waals surface area contributed by atoms with Gasteiger partial charge in [0.15, 0.2) is 0 Å². The minimum atomic E-state index is -0.852. The Hall–Kier alpha value is -2.02. The van der Waals surface area contributed by atoms with Gasteiger partial charge in [-0.15, -0.1) is 0 Å². The highest BCUT2D eigenvalue weighted by Crippen LogP contribution is 2.23. The van der Waals surface area contributed by atoms with Crippen molar-refractivity contribution in [3.05, 3.63) is 57.2 Å². The van der Waals surface area contributed by atoms with Crippen LogP contribution in [0.2, 0.25) is 0 Å². The lowest BCUT2D eigenvalue weighted by Gasteiger charge is -2.36. The van der Waals surface area contributed by atoms with Crippen LogP contribution in [0.5, 0.6) is 0 Å². The molecular weight excluding hydrogens is 392 g/mol. The van der Waals surface area contributed by atoms with Gasteiger partial charge in [-0.2, -0.15) is 0 Å². The highest BCUT2D eigenvalue weighted by Gasteiger charge is 2.27. The third-order valence-corrected chi connectivity index (χ3v) is 4.73. The summed E-state index contributed by atoms with van der Waals surface area (Å²) in [6, 6.07) is 4.27. The largest absolute Gasteiger partial charge is 0.353 e. The second-order valence-corrected chi connectivity index (χ2v) is 7.09. The van der Waals surface area contributed by atoms with Crippen LogP contribution in [0.25, 0.3) is 0 Å². The van der Waals surface area contributed by atoms with Crippen molar-refractivity contribution in [1.29, 1.82) is 0 Å². The van der Waals surface area contributed by atoms with Gasteiger partial charge < -0.3 is 9.80 Å². The number of carbonyl (C=O) groups is 1. The van der Waals surface area contributed by atoms with Crippen LogP contribution >= 0.6 is 15.9 Å². The van der Waals surface area contributed by atoms with Gasteiger partial charge in [0.05, 0.1) is 0 Å². The van der Waals surface area contributed by atoms with E-state index in [9.17, 15) is 13.6 Å². The van der Waals surface area contributed by atoms with E-state index >= 15 is 0 Å². The number of hydrogen-bond donors (Lipinski definition) is 0. The lowest BCUT2D eigenvalue weighted by Crippen LogP contribution is -2.49. The fraction of sp³-hybridized carbons (Fsp3) is 0.333. The van der Waals surface area contributed by atoms with Crippen molar-refractivity contribution >= 4 is 27.7 Å². The molecular formula is C18H18BrF2N3O. The molecule has 4 nitrogen and oxygen atoms in total. The summed E-state index contributed by atoms with van der Waals surface area (Å²) in [6.07, 6.45) is 1.81. The first-order valence-corrected chi connectivity index (χ1v) is 8.78. The van der Waals surface area contributed by atoms with Crippen LogP contribution in [0.3, 0.4) is 0 Å². The number of anilines is 1. The molecule has 0 bridgehead atoms. The van der Waals surface area contributed by atoms with Crippen molar-refractivity contribution in [2.24, 2.45) is 0 Å². The van der Waals surface area contributed by atoms with Gasteiger partial charge in [-0.25, -0.2) is 13.8 Å². The maximum atomic E-state index is 14.0. The molecule has 2 aromatic rings. The molecule has 1 aliphatic rings. The molecule has 25 heavy (non-hydrogen) atoms. The number of amides is 1. The Bertz CT molecular complexity index is 797. The lowest BCUT2D eigenvalue weighted by molar-refractivity contribution is 0.0736. The van der Waals surface area contributed by atoms with Crippen molar-refractivity contribution in [2.45, 2.75) is 13.8 Å². The van der Waals surface area contributed by atoms with Gasteiger partial charge in [0, 0.05) is 36.8 Å². The van der Waals surface area contributed by atoms with E-state index in [0.29, 0.717) is 26.2 Å². The first-order chi connectivity index (χ1) is 11.9. The second-order valence-electron chi connectivity index (χ2n) is 6.18. The monoisotopic (exact) mass is 409 g/mol. The Morgan fingerprint density at radius 1 is 1.08 bits per heavy atom.